The fourth-order valence-corrected chi connectivity index (χ4v) is 2.61. The summed E-state index contributed by atoms with van der Waals surface area (Å²) in [5.74, 6) is 0. The van der Waals surface area contributed by atoms with Crippen LogP contribution in [0.25, 0.3) is 11.8 Å². The highest BCUT2D eigenvalue weighted by Crippen LogP contribution is 2.25. The molecule has 104 valence electrons. The highest BCUT2D eigenvalue weighted by Gasteiger charge is 2.11. The SMILES string of the molecule is Cc1ccc(-n2c(C)cc(C=C(C#N)C#N)c2C)c(C)c1. The molecule has 0 amide bonds. The number of allylic oxidation sites excluding steroid dienone is 1. The Kier molecular flexibility index (Phi) is 3.96. The van der Waals surface area contributed by atoms with E-state index < -0.39 is 0 Å². The Labute approximate surface area is 125 Å². The molecule has 1 heterocycles. The van der Waals surface area contributed by atoms with Crippen molar-refractivity contribution in [3.63, 3.8) is 0 Å². The van der Waals surface area contributed by atoms with Crippen LogP contribution >= 0.6 is 0 Å². The lowest BCUT2D eigenvalue weighted by Crippen LogP contribution is -2.01. The first-order chi connectivity index (χ1) is 9.97. The van der Waals surface area contributed by atoms with E-state index in [-0.39, 0.29) is 5.57 Å². The van der Waals surface area contributed by atoms with Crippen LogP contribution in [0.2, 0.25) is 0 Å². The van der Waals surface area contributed by atoms with Crippen LogP contribution in [0.4, 0.5) is 0 Å². The van der Waals surface area contributed by atoms with Gasteiger partial charge in [-0.25, -0.2) is 0 Å². The van der Waals surface area contributed by atoms with Crippen LogP contribution in [0.5, 0.6) is 0 Å². The summed E-state index contributed by atoms with van der Waals surface area (Å²) in [6, 6.07) is 12.2. The average molecular weight is 275 g/mol. The maximum Gasteiger partial charge on any atom is 0.130 e. The number of nitriles is 2. The number of nitrogens with zero attached hydrogens (tertiary/aromatic N) is 3. The molecule has 0 aliphatic rings. The van der Waals surface area contributed by atoms with E-state index in [2.05, 4.69) is 36.6 Å². The Morgan fingerprint density at radius 2 is 1.71 bits per heavy atom. The number of aromatic nitrogens is 1. The zero-order valence-electron chi connectivity index (χ0n) is 12.7. The van der Waals surface area contributed by atoms with Crippen molar-refractivity contribution in [2.75, 3.05) is 0 Å². The zero-order chi connectivity index (χ0) is 15.6. The number of hydrogen-bond donors (Lipinski definition) is 0. The van der Waals surface area contributed by atoms with Crippen LogP contribution in [0.3, 0.4) is 0 Å². The molecule has 2 rings (SSSR count). The predicted molar refractivity (Wildman–Crippen MR) is 83.9 cm³/mol. The van der Waals surface area contributed by atoms with Crippen molar-refractivity contribution in [3.05, 3.63) is 57.9 Å². The molecule has 0 fully saturated rings. The second-order valence-corrected chi connectivity index (χ2v) is 5.23. The molecule has 0 bridgehead atoms. The molecular formula is C18H17N3. The molecule has 3 nitrogen and oxygen atoms in total. The van der Waals surface area contributed by atoms with Crippen molar-refractivity contribution >= 4 is 6.08 Å². The Hall–Kier alpha value is -2.78. The molecule has 21 heavy (non-hydrogen) atoms. The fraction of sp³-hybridized carbons (Fsp3) is 0.222. The van der Waals surface area contributed by atoms with Crippen molar-refractivity contribution in [3.8, 4) is 17.8 Å². The highest BCUT2D eigenvalue weighted by molar-refractivity contribution is 5.65. The Balaban J connectivity index is 2.63. The van der Waals surface area contributed by atoms with E-state index >= 15 is 0 Å². The summed E-state index contributed by atoms with van der Waals surface area (Å²) in [6.07, 6.45) is 1.64. The van der Waals surface area contributed by atoms with Gasteiger partial charge in [0.1, 0.15) is 17.7 Å². The zero-order valence-corrected chi connectivity index (χ0v) is 12.7. The van der Waals surface area contributed by atoms with Gasteiger partial charge in [-0.05, 0) is 57.0 Å². The van der Waals surface area contributed by atoms with Crippen molar-refractivity contribution in [2.45, 2.75) is 27.7 Å². The highest BCUT2D eigenvalue weighted by atomic mass is 15.0. The maximum absolute atomic E-state index is 8.90. The molecule has 0 N–H and O–H groups in total. The number of rotatable bonds is 2. The standard InChI is InChI=1S/C18H17N3/c1-12-5-6-18(13(2)7-12)21-14(3)8-17(15(21)4)9-16(10-19)11-20/h5-9H,1-4H3. The first-order valence-corrected chi connectivity index (χ1v) is 6.76. The molecular weight excluding hydrogens is 258 g/mol. The smallest absolute Gasteiger partial charge is 0.130 e. The third-order valence-electron chi connectivity index (χ3n) is 3.60. The van der Waals surface area contributed by atoms with Gasteiger partial charge >= 0.3 is 0 Å². The molecule has 0 aliphatic heterocycles. The second kappa shape index (κ2) is 5.69. The molecule has 0 unspecified atom stereocenters. The molecule has 2 aromatic rings. The predicted octanol–water partition coefficient (Wildman–Crippen LogP) is 4.14. The summed E-state index contributed by atoms with van der Waals surface area (Å²) in [4.78, 5) is 0. The van der Waals surface area contributed by atoms with Crippen molar-refractivity contribution < 1.29 is 0 Å². The number of benzene rings is 1. The molecule has 1 aromatic heterocycles. The molecule has 0 aliphatic carbocycles. The van der Waals surface area contributed by atoms with E-state index in [0.29, 0.717) is 0 Å². The molecule has 0 atom stereocenters. The lowest BCUT2D eigenvalue weighted by molar-refractivity contribution is 0.952. The Bertz CT molecular complexity index is 792. The minimum atomic E-state index is 0.121. The molecule has 0 saturated heterocycles. The van der Waals surface area contributed by atoms with E-state index in [0.717, 1.165) is 22.6 Å². The summed E-state index contributed by atoms with van der Waals surface area (Å²) < 4.78 is 2.16. The summed E-state index contributed by atoms with van der Waals surface area (Å²) in [7, 11) is 0. The van der Waals surface area contributed by atoms with Gasteiger partial charge in [-0.3, -0.25) is 0 Å². The van der Waals surface area contributed by atoms with Crippen molar-refractivity contribution in [1.29, 1.82) is 10.5 Å². The van der Waals surface area contributed by atoms with E-state index in [9.17, 15) is 0 Å². The van der Waals surface area contributed by atoms with Gasteiger partial charge in [0.15, 0.2) is 0 Å². The summed E-state index contributed by atoms with van der Waals surface area (Å²) in [5, 5.41) is 17.8. The quantitative estimate of drug-likeness (QED) is 0.773. The molecule has 0 saturated carbocycles. The van der Waals surface area contributed by atoms with Gasteiger partial charge in [0.25, 0.3) is 0 Å². The van der Waals surface area contributed by atoms with Crippen LogP contribution in [-0.2, 0) is 0 Å². The van der Waals surface area contributed by atoms with Gasteiger partial charge in [-0.2, -0.15) is 10.5 Å². The van der Waals surface area contributed by atoms with Gasteiger partial charge in [-0.1, -0.05) is 17.7 Å². The topological polar surface area (TPSA) is 52.5 Å². The van der Waals surface area contributed by atoms with Crippen LogP contribution in [0.1, 0.15) is 28.1 Å². The maximum atomic E-state index is 8.90. The first kappa shape index (κ1) is 14.6. The first-order valence-electron chi connectivity index (χ1n) is 6.76. The van der Waals surface area contributed by atoms with Crippen molar-refractivity contribution in [1.82, 2.24) is 4.57 Å². The molecule has 0 radical (unpaired) electrons. The third-order valence-corrected chi connectivity index (χ3v) is 3.60. The van der Waals surface area contributed by atoms with E-state index in [1.54, 1.807) is 6.08 Å². The Morgan fingerprint density at radius 3 is 2.29 bits per heavy atom. The van der Waals surface area contributed by atoms with Crippen LogP contribution in [0, 0.1) is 50.4 Å². The molecule has 1 aromatic carbocycles. The Morgan fingerprint density at radius 1 is 1.05 bits per heavy atom. The molecule has 3 heteroatoms. The van der Waals surface area contributed by atoms with E-state index in [4.69, 9.17) is 10.5 Å². The van der Waals surface area contributed by atoms with Gasteiger partial charge in [0, 0.05) is 17.1 Å². The summed E-state index contributed by atoms with van der Waals surface area (Å²) in [6.45, 7) is 8.20. The lowest BCUT2D eigenvalue weighted by atomic mass is 10.1. The van der Waals surface area contributed by atoms with Gasteiger partial charge in [0.05, 0.1) is 0 Å². The van der Waals surface area contributed by atoms with Crippen LogP contribution < -0.4 is 0 Å². The third kappa shape index (κ3) is 2.73. The normalized spacial score (nSPS) is 9.81. The number of aryl methyl sites for hydroxylation is 3. The second-order valence-electron chi connectivity index (χ2n) is 5.23. The van der Waals surface area contributed by atoms with Crippen LogP contribution in [-0.4, -0.2) is 4.57 Å². The summed E-state index contributed by atoms with van der Waals surface area (Å²) in [5.41, 5.74) is 6.71. The fourth-order valence-electron chi connectivity index (χ4n) is 2.61. The molecule has 0 spiro atoms. The largest absolute Gasteiger partial charge is 0.318 e. The van der Waals surface area contributed by atoms with Crippen molar-refractivity contribution in [2.24, 2.45) is 0 Å². The van der Waals surface area contributed by atoms with Gasteiger partial charge in [-0.15, -0.1) is 0 Å². The minimum absolute atomic E-state index is 0.121. The minimum Gasteiger partial charge on any atom is -0.318 e. The lowest BCUT2D eigenvalue weighted by Gasteiger charge is -2.13. The van der Waals surface area contributed by atoms with Gasteiger partial charge < -0.3 is 4.57 Å². The number of hydrogen-bond acceptors (Lipinski definition) is 2. The van der Waals surface area contributed by atoms with E-state index in [1.807, 2.05) is 32.1 Å². The van der Waals surface area contributed by atoms with Gasteiger partial charge in [0.2, 0.25) is 0 Å². The summed E-state index contributed by atoms with van der Waals surface area (Å²) >= 11 is 0. The van der Waals surface area contributed by atoms with Crippen LogP contribution in [0.15, 0.2) is 29.8 Å². The average Bonchev–Trinajstić information content (AvgIpc) is 2.71. The van der Waals surface area contributed by atoms with E-state index in [1.165, 1.54) is 11.1 Å². The monoisotopic (exact) mass is 275 g/mol.